The molecule has 1 N–H and O–H groups in total. The first-order valence-electron chi connectivity index (χ1n) is 6.18. The minimum atomic E-state index is -2.62. The minimum Gasteiger partial charge on any atom is -0.345 e. The number of hydrogen-bond acceptors (Lipinski definition) is 4. The van der Waals surface area contributed by atoms with Crippen molar-refractivity contribution in [2.45, 2.75) is 23.7 Å². The number of carbonyl (C=O) groups is 1. The summed E-state index contributed by atoms with van der Waals surface area (Å²) >= 11 is 0.261. The number of rotatable bonds is 5. The Morgan fingerprint density at radius 2 is 1.95 bits per heavy atom. The number of pyridine rings is 2. The van der Waals surface area contributed by atoms with E-state index in [1.54, 1.807) is 30.6 Å². The summed E-state index contributed by atoms with van der Waals surface area (Å²) in [6.45, 7) is 1.81. The third-order valence-corrected chi connectivity index (χ3v) is 3.50. The molecule has 0 saturated heterocycles. The second-order valence-electron chi connectivity index (χ2n) is 4.21. The first kappa shape index (κ1) is 15.4. The number of hydrogen-bond donors (Lipinski definition) is 1. The quantitative estimate of drug-likeness (QED) is 0.861. The van der Waals surface area contributed by atoms with Crippen LogP contribution in [0, 0.1) is 0 Å². The van der Waals surface area contributed by atoms with E-state index < -0.39 is 11.7 Å². The van der Waals surface area contributed by atoms with Crippen LogP contribution in [-0.4, -0.2) is 21.6 Å². The molecule has 110 valence electrons. The van der Waals surface area contributed by atoms with Gasteiger partial charge in [0, 0.05) is 18.6 Å². The predicted molar refractivity (Wildman–Crippen MR) is 76.2 cm³/mol. The molecule has 7 heteroatoms. The molecular weight excluding hydrogens is 296 g/mol. The Balaban J connectivity index is 2.14. The fraction of sp³-hybridized carbons (Fsp3) is 0.214. The van der Waals surface area contributed by atoms with Gasteiger partial charge in [0.05, 0.1) is 11.6 Å². The Hall–Kier alpha value is -2.02. The molecule has 1 atom stereocenters. The van der Waals surface area contributed by atoms with Crippen LogP contribution in [0.15, 0.2) is 47.9 Å². The minimum absolute atomic E-state index is 0.0203. The number of carbonyl (C=O) groups excluding carboxylic acids is 1. The van der Waals surface area contributed by atoms with Gasteiger partial charge in [-0.05, 0) is 48.5 Å². The molecule has 4 nitrogen and oxygen atoms in total. The molecule has 0 aliphatic rings. The molecule has 2 rings (SSSR count). The first-order chi connectivity index (χ1) is 10.1. The topological polar surface area (TPSA) is 54.9 Å². The lowest BCUT2D eigenvalue weighted by atomic mass is 10.1. The summed E-state index contributed by atoms with van der Waals surface area (Å²) in [6, 6.07) is 6.32. The number of halogens is 2. The van der Waals surface area contributed by atoms with E-state index in [0.29, 0.717) is 0 Å². The number of nitrogens with zero attached hydrogens (tertiary/aromatic N) is 2. The maximum atomic E-state index is 12.5. The molecule has 0 aliphatic heterocycles. The van der Waals surface area contributed by atoms with Gasteiger partial charge in [-0.1, -0.05) is 0 Å². The summed E-state index contributed by atoms with van der Waals surface area (Å²) in [5.74, 6) is -3.06. The molecule has 21 heavy (non-hydrogen) atoms. The number of alkyl halides is 2. The summed E-state index contributed by atoms with van der Waals surface area (Å²) in [5.41, 5.74) is 1.02. The van der Waals surface area contributed by atoms with Gasteiger partial charge in [-0.2, -0.15) is 8.78 Å². The Kier molecular flexibility index (Phi) is 5.21. The van der Waals surface area contributed by atoms with Crippen LogP contribution in [-0.2, 0) is 0 Å². The predicted octanol–water partition coefficient (Wildman–Crippen LogP) is 3.28. The molecule has 0 spiro atoms. The van der Waals surface area contributed by atoms with Gasteiger partial charge in [-0.3, -0.25) is 9.78 Å². The Bertz CT molecular complexity index is 610. The molecule has 0 bridgehead atoms. The Morgan fingerprint density at radius 3 is 2.62 bits per heavy atom. The lowest BCUT2D eigenvalue weighted by molar-refractivity contribution is 0.0936. The fourth-order valence-electron chi connectivity index (χ4n) is 1.75. The van der Waals surface area contributed by atoms with Crippen molar-refractivity contribution >= 4 is 17.7 Å². The number of aromatic nitrogens is 2. The number of thioether (sulfide) groups is 1. The largest absolute Gasteiger partial charge is 0.345 e. The summed E-state index contributed by atoms with van der Waals surface area (Å²) in [5, 5.41) is 2.78. The lowest BCUT2D eigenvalue weighted by Gasteiger charge is -2.15. The van der Waals surface area contributed by atoms with Crippen molar-refractivity contribution in [3.05, 3.63) is 54.0 Å². The monoisotopic (exact) mass is 309 g/mol. The van der Waals surface area contributed by atoms with Crippen molar-refractivity contribution in [1.82, 2.24) is 15.3 Å². The molecule has 1 unspecified atom stereocenters. The standard InChI is InChI=1S/C14H13F2N3OS/c1-9(10-4-7-17-8-5-10)19-12(20)11-3-2-6-18-13(11)21-14(15)16/h2-9,14H,1H3,(H,19,20). The van der Waals surface area contributed by atoms with Crippen molar-refractivity contribution in [2.75, 3.05) is 0 Å². The van der Waals surface area contributed by atoms with Crippen LogP contribution in [0.25, 0.3) is 0 Å². The van der Waals surface area contributed by atoms with Gasteiger partial charge >= 0.3 is 0 Å². The zero-order chi connectivity index (χ0) is 15.2. The van der Waals surface area contributed by atoms with E-state index in [1.165, 1.54) is 12.3 Å². The van der Waals surface area contributed by atoms with Crippen molar-refractivity contribution in [3.8, 4) is 0 Å². The van der Waals surface area contributed by atoms with Gasteiger partial charge in [0.2, 0.25) is 0 Å². The van der Waals surface area contributed by atoms with Gasteiger partial charge in [0.15, 0.2) is 0 Å². The van der Waals surface area contributed by atoms with Crippen molar-refractivity contribution in [1.29, 1.82) is 0 Å². The first-order valence-corrected chi connectivity index (χ1v) is 7.06. The SMILES string of the molecule is CC(NC(=O)c1cccnc1SC(F)F)c1ccncc1. The van der Waals surface area contributed by atoms with Crippen LogP contribution < -0.4 is 5.32 Å². The molecule has 2 aromatic heterocycles. The van der Waals surface area contributed by atoms with Gasteiger partial charge in [-0.25, -0.2) is 4.98 Å². The van der Waals surface area contributed by atoms with Gasteiger partial charge < -0.3 is 5.32 Å². The van der Waals surface area contributed by atoms with Crippen molar-refractivity contribution < 1.29 is 13.6 Å². The van der Waals surface area contributed by atoms with E-state index in [1.807, 2.05) is 6.92 Å². The molecule has 0 fully saturated rings. The van der Waals surface area contributed by atoms with Crippen molar-refractivity contribution in [3.63, 3.8) is 0 Å². The normalized spacial score (nSPS) is 12.2. The van der Waals surface area contributed by atoms with Crippen LogP contribution in [0.4, 0.5) is 8.78 Å². The van der Waals surface area contributed by atoms with E-state index in [4.69, 9.17) is 0 Å². The maximum absolute atomic E-state index is 12.5. The summed E-state index contributed by atoms with van der Waals surface area (Å²) in [7, 11) is 0. The van der Waals surface area contributed by atoms with Gasteiger partial charge in [0.1, 0.15) is 5.03 Å². The van der Waals surface area contributed by atoms with Gasteiger partial charge in [0.25, 0.3) is 11.7 Å². The second-order valence-corrected chi connectivity index (χ2v) is 5.19. The smallest absolute Gasteiger partial charge is 0.290 e. The Morgan fingerprint density at radius 1 is 1.24 bits per heavy atom. The van der Waals surface area contributed by atoms with Crippen LogP contribution in [0.2, 0.25) is 0 Å². The number of nitrogens with one attached hydrogen (secondary N) is 1. The molecule has 1 amide bonds. The van der Waals surface area contributed by atoms with Crippen LogP contribution in [0.3, 0.4) is 0 Å². The van der Waals surface area contributed by atoms with E-state index in [-0.39, 0.29) is 28.4 Å². The summed E-state index contributed by atoms with van der Waals surface area (Å²) < 4.78 is 25.0. The van der Waals surface area contributed by atoms with Crippen LogP contribution in [0.1, 0.15) is 28.9 Å². The van der Waals surface area contributed by atoms with Gasteiger partial charge in [-0.15, -0.1) is 0 Å². The molecule has 2 aromatic rings. The molecular formula is C14H13F2N3OS. The third-order valence-electron chi connectivity index (χ3n) is 2.77. The van der Waals surface area contributed by atoms with E-state index >= 15 is 0 Å². The molecule has 0 aliphatic carbocycles. The molecule has 0 radical (unpaired) electrons. The highest BCUT2D eigenvalue weighted by Gasteiger charge is 2.18. The summed E-state index contributed by atoms with van der Waals surface area (Å²) in [4.78, 5) is 19.9. The fourth-order valence-corrected chi connectivity index (χ4v) is 2.33. The zero-order valence-electron chi connectivity index (χ0n) is 11.2. The number of amides is 1. The van der Waals surface area contributed by atoms with Crippen molar-refractivity contribution in [2.24, 2.45) is 0 Å². The third kappa shape index (κ3) is 4.22. The van der Waals surface area contributed by atoms with E-state index in [0.717, 1.165) is 5.56 Å². The molecule has 2 heterocycles. The molecule has 0 saturated carbocycles. The van der Waals surface area contributed by atoms with Crippen LogP contribution >= 0.6 is 11.8 Å². The Labute approximate surface area is 125 Å². The van der Waals surface area contributed by atoms with E-state index in [9.17, 15) is 13.6 Å². The second kappa shape index (κ2) is 7.12. The zero-order valence-corrected chi connectivity index (χ0v) is 12.0. The average Bonchev–Trinajstić information content (AvgIpc) is 2.48. The summed E-state index contributed by atoms with van der Waals surface area (Å²) in [6.07, 6.45) is 4.63. The maximum Gasteiger partial charge on any atom is 0.290 e. The van der Waals surface area contributed by atoms with E-state index in [2.05, 4.69) is 15.3 Å². The highest BCUT2D eigenvalue weighted by molar-refractivity contribution is 7.99. The van der Waals surface area contributed by atoms with Crippen LogP contribution in [0.5, 0.6) is 0 Å². The average molecular weight is 309 g/mol. The highest BCUT2D eigenvalue weighted by atomic mass is 32.2. The lowest BCUT2D eigenvalue weighted by Crippen LogP contribution is -2.27. The molecule has 0 aromatic carbocycles. The highest BCUT2D eigenvalue weighted by Crippen LogP contribution is 2.26.